The molecule has 0 fully saturated rings. The zero-order valence-electron chi connectivity index (χ0n) is 13.4. The molecule has 0 aliphatic heterocycles. The number of nitrogens with zero attached hydrogens (tertiary/aromatic N) is 4. The minimum absolute atomic E-state index is 0.743. The smallest absolute Gasteiger partial charge is 0.191 e. The molecular weight excluding hydrogens is 310 g/mol. The number of anilines is 1. The molecule has 0 saturated carbocycles. The molecule has 120 valence electrons. The van der Waals surface area contributed by atoms with Crippen molar-refractivity contribution in [3.05, 3.63) is 36.2 Å². The Kier molecular flexibility index (Phi) is 4.66. The van der Waals surface area contributed by atoms with Crippen LogP contribution in [0.5, 0.6) is 5.75 Å². The van der Waals surface area contributed by atoms with Gasteiger partial charge in [0.25, 0.3) is 0 Å². The lowest BCUT2D eigenvalue weighted by atomic mass is 10.2. The van der Waals surface area contributed by atoms with Crippen LogP contribution >= 0.6 is 11.8 Å². The van der Waals surface area contributed by atoms with Gasteiger partial charge in [0.15, 0.2) is 16.6 Å². The molecule has 0 radical (unpaired) electrons. The predicted octanol–water partition coefficient (Wildman–Crippen LogP) is 3.10. The first-order valence-electron chi connectivity index (χ1n) is 7.40. The van der Waals surface area contributed by atoms with Gasteiger partial charge in [0.05, 0.1) is 13.4 Å². The minimum atomic E-state index is 0.743. The maximum absolute atomic E-state index is 5.18. The van der Waals surface area contributed by atoms with Gasteiger partial charge >= 0.3 is 0 Å². The quantitative estimate of drug-likeness (QED) is 0.554. The van der Waals surface area contributed by atoms with Crippen molar-refractivity contribution < 1.29 is 4.74 Å². The van der Waals surface area contributed by atoms with Gasteiger partial charge < -0.3 is 14.6 Å². The number of hydrogen-bond donors (Lipinski definition) is 1. The van der Waals surface area contributed by atoms with Crippen LogP contribution in [-0.4, -0.2) is 33.2 Å². The zero-order chi connectivity index (χ0) is 16.2. The number of thioether (sulfide) groups is 1. The summed E-state index contributed by atoms with van der Waals surface area (Å²) in [6.07, 6.45) is 1.76. The van der Waals surface area contributed by atoms with E-state index in [0.29, 0.717) is 0 Å². The summed E-state index contributed by atoms with van der Waals surface area (Å²) in [5, 5.41) is 4.00. The SMILES string of the molecule is CCNc1nc(SCc2ccc(OC)cc2)nc2c1ncn2C. The van der Waals surface area contributed by atoms with Gasteiger partial charge in [0, 0.05) is 19.3 Å². The van der Waals surface area contributed by atoms with Crippen LogP contribution in [0.25, 0.3) is 11.2 Å². The summed E-state index contributed by atoms with van der Waals surface area (Å²) in [7, 11) is 3.61. The maximum atomic E-state index is 5.18. The van der Waals surface area contributed by atoms with E-state index in [9.17, 15) is 0 Å². The van der Waals surface area contributed by atoms with E-state index in [1.54, 1.807) is 25.2 Å². The molecule has 1 aromatic carbocycles. The number of rotatable bonds is 6. The van der Waals surface area contributed by atoms with E-state index in [2.05, 4.69) is 32.4 Å². The number of imidazole rings is 1. The van der Waals surface area contributed by atoms with Gasteiger partial charge in [0.1, 0.15) is 11.3 Å². The van der Waals surface area contributed by atoms with E-state index in [1.165, 1.54) is 5.56 Å². The first kappa shape index (κ1) is 15.6. The van der Waals surface area contributed by atoms with Crippen LogP contribution in [0.1, 0.15) is 12.5 Å². The molecule has 23 heavy (non-hydrogen) atoms. The van der Waals surface area contributed by atoms with Crippen molar-refractivity contribution in [1.29, 1.82) is 0 Å². The van der Waals surface area contributed by atoms with Gasteiger partial charge in [-0.25, -0.2) is 15.0 Å². The first-order chi connectivity index (χ1) is 11.2. The van der Waals surface area contributed by atoms with Gasteiger partial charge in [-0.2, -0.15) is 0 Å². The fourth-order valence-electron chi connectivity index (χ4n) is 2.21. The third-order valence-electron chi connectivity index (χ3n) is 3.41. The van der Waals surface area contributed by atoms with Crippen molar-refractivity contribution in [3.63, 3.8) is 0 Å². The van der Waals surface area contributed by atoms with Crippen molar-refractivity contribution in [3.8, 4) is 5.75 Å². The van der Waals surface area contributed by atoms with Gasteiger partial charge in [-0.1, -0.05) is 23.9 Å². The molecule has 0 aliphatic rings. The molecule has 2 aromatic heterocycles. The maximum Gasteiger partial charge on any atom is 0.191 e. The summed E-state index contributed by atoms with van der Waals surface area (Å²) in [5.74, 6) is 2.45. The second kappa shape index (κ2) is 6.87. The summed E-state index contributed by atoms with van der Waals surface area (Å²) in [4.78, 5) is 13.6. The molecular formula is C16H19N5OS. The number of aryl methyl sites for hydroxylation is 1. The number of hydrogen-bond acceptors (Lipinski definition) is 6. The Morgan fingerprint density at radius 2 is 2.00 bits per heavy atom. The van der Waals surface area contributed by atoms with Gasteiger partial charge in [-0.15, -0.1) is 0 Å². The standard InChI is InChI=1S/C16H19N5OS/c1-4-17-14-13-15(21(2)10-18-13)20-16(19-14)23-9-11-5-7-12(22-3)8-6-11/h5-8,10H,4,9H2,1-3H3,(H,17,19,20). The molecule has 0 atom stereocenters. The molecule has 0 saturated heterocycles. The van der Waals surface area contributed by atoms with E-state index >= 15 is 0 Å². The van der Waals surface area contributed by atoms with Crippen molar-refractivity contribution in [2.75, 3.05) is 19.0 Å². The Balaban J connectivity index is 1.82. The van der Waals surface area contributed by atoms with Crippen molar-refractivity contribution in [2.24, 2.45) is 7.05 Å². The Hall–Kier alpha value is -2.28. The minimum Gasteiger partial charge on any atom is -0.497 e. The summed E-state index contributed by atoms with van der Waals surface area (Å²) < 4.78 is 7.09. The third-order valence-corrected chi connectivity index (χ3v) is 4.33. The molecule has 0 aliphatic carbocycles. The summed E-state index contributed by atoms with van der Waals surface area (Å²) in [6.45, 7) is 2.84. The van der Waals surface area contributed by atoms with Gasteiger partial charge in [-0.3, -0.25) is 0 Å². The van der Waals surface area contributed by atoms with Crippen molar-refractivity contribution in [1.82, 2.24) is 19.5 Å². The Morgan fingerprint density at radius 1 is 1.22 bits per heavy atom. The van der Waals surface area contributed by atoms with Crippen molar-refractivity contribution in [2.45, 2.75) is 17.8 Å². The van der Waals surface area contributed by atoms with Crippen LogP contribution in [0.3, 0.4) is 0 Å². The molecule has 2 heterocycles. The van der Waals surface area contributed by atoms with Gasteiger partial charge in [0.2, 0.25) is 0 Å². The predicted molar refractivity (Wildman–Crippen MR) is 93.0 cm³/mol. The second-order valence-electron chi connectivity index (χ2n) is 5.05. The highest BCUT2D eigenvalue weighted by Crippen LogP contribution is 2.26. The number of methoxy groups -OCH3 is 1. The largest absolute Gasteiger partial charge is 0.497 e. The molecule has 6 nitrogen and oxygen atoms in total. The lowest BCUT2D eigenvalue weighted by Gasteiger charge is -2.07. The Morgan fingerprint density at radius 3 is 2.70 bits per heavy atom. The van der Waals surface area contributed by atoms with Gasteiger partial charge in [-0.05, 0) is 24.6 Å². The summed E-state index contributed by atoms with van der Waals surface area (Å²) in [5.41, 5.74) is 2.85. The van der Waals surface area contributed by atoms with E-state index in [1.807, 2.05) is 30.7 Å². The molecule has 7 heteroatoms. The number of nitrogens with one attached hydrogen (secondary N) is 1. The highest BCUT2D eigenvalue weighted by Gasteiger charge is 2.12. The van der Waals surface area contributed by atoms with Crippen LogP contribution in [0, 0.1) is 0 Å². The van der Waals surface area contributed by atoms with Crippen LogP contribution in [0.4, 0.5) is 5.82 Å². The normalized spacial score (nSPS) is 10.9. The monoisotopic (exact) mass is 329 g/mol. The van der Waals surface area contributed by atoms with Crippen molar-refractivity contribution >= 4 is 28.7 Å². The highest BCUT2D eigenvalue weighted by molar-refractivity contribution is 7.98. The number of aromatic nitrogens is 4. The van der Waals surface area contributed by atoms with E-state index in [4.69, 9.17) is 4.74 Å². The fourth-order valence-corrected chi connectivity index (χ4v) is 3.01. The molecule has 0 spiro atoms. The Labute approximate surface area is 139 Å². The molecule has 0 amide bonds. The van der Waals surface area contributed by atoms with Crippen LogP contribution in [0.15, 0.2) is 35.7 Å². The highest BCUT2D eigenvalue weighted by atomic mass is 32.2. The average molecular weight is 329 g/mol. The van der Waals surface area contributed by atoms with Crippen LogP contribution in [-0.2, 0) is 12.8 Å². The third kappa shape index (κ3) is 3.39. The Bertz CT molecular complexity index is 800. The van der Waals surface area contributed by atoms with E-state index in [0.717, 1.165) is 40.2 Å². The van der Waals surface area contributed by atoms with E-state index in [-0.39, 0.29) is 0 Å². The number of ether oxygens (including phenoxy) is 1. The van der Waals surface area contributed by atoms with Crippen LogP contribution in [0.2, 0.25) is 0 Å². The number of benzene rings is 1. The molecule has 3 aromatic rings. The fraction of sp³-hybridized carbons (Fsp3) is 0.312. The zero-order valence-corrected chi connectivity index (χ0v) is 14.2. The summed E-state index contributed by atoms with van der Waals surface area (Å²) >= 11 is 1.61. The molecule has 1 N–H and O–H groups in total. The second-order valence-corrected chi connectivity index (χ2v) is 5.99. The average Bonchev–Trinajstić information content (AvgIpc) is 2.95. The lowest BCUT2D eigenvalue weighted by Crippen LogP contribution is -2.03. The summed E-state index contributed by atoms with van der Waals surface area (Å²) in [6, 6.07) is 8.04. The first-order valence-corrected chi connectivity index (χ1v) is 8.38. The number of fused-ring (bicyclic) bond motifs is 1. The molecule has 0 bridgehead atoms. The van der Waals surface area contributed by atoms with Crippen LogP contribution < -0.4 is 10.1 Å². The molecule has 3 rings (SSSR count). The lowest BCUT2D eigenvalue weighted by molar-refractivity contribution is 0.414. The molecule has 0 unspecified atom stereocenters. The topological polar surface area (TPSA) is 64.9 Å². The van der Waals surface area contributed by atoms with E-state index < -0.39 is 0 Å².